The predicted octanol–water partition coefficient (Wildman–Crippen LogP) is 2.79. The van der Waals surface area contributed by atoms with Crippen molar-refractivity contribution in [2.24, 2.45) is 7.05 Å². The number of benzene rings is 2. The van der Waals surface area contributed by atoms with E-state index < -0.39 is 17.9 Å². The second-order valence-electron chi connectivity index (χ2n) is 6.70. The van der Waals surface area contributed by atoms with E-state index in [1.54, 1.807) is 42.2 Å². The van der Waals surface area contributed by atoms with E-state index in [0.717, 1.165) is 0 Å². The van der Waals surface area contributed by atoms with Crippen molar-refractivity contribution in [1.82, 2.24) is 20.2 Å². The van der Waals surface area contributed by atoms with Gasteiger partial charge in [0.2, 0.25) is 0 Å². The summed E-state index contributed by atoms with van der Waals surface area (Å²) in [5.74, 6) is 1.43. The van der Waals surface area contributed by atoms with Crippen molar-refractivity contribution in [3.05, 3.63) is 78.1 Å². The normalized spacial score (nSPS) is 16.1. The first-order valence-corrected chi connectivity index (χ1v) is 9.26. The number of carbonyl (C=O) groups excluding carboxylic acids is 1. The molecule has 0 saturated heterocycles. The molecule has 29 heavy (non-hydrogen) atoms. The number of rotatable bonds is 5. The molecule has 2 amide bonds. The van der Waals surface area contributed by atoms with Gasteiger partial charge >= 0.3 is 6.03 Å². The number of nitrogens with one attached hydrogen (secondary N) is 2. The van der Waals surface area contributed by atoms with Gasteiger partial charge in [-0.2, -0.15) is 0 Å². The summed E-state index contributed by atoms with van der Waals surface area (Å²) in [5.41, 5.74) is 0.336. The van der Waals surface area contributed by atoms with Crippen LogP contribution >= 0.6 is 0 Å². The second kappa shape index (κ2) is 8.22. The summed E-state index contributed by atoms with van der Waals surface area (Å²) in [5, 5.41) is 5.58. The van der Waals surface area contributed by atoms with Crippen LogP contribution in [0, 0.1) is 5.82 Å². The van der Waals surface area contributed by atoms with E-state index in [0.29, 0.717) is 29.5 Å². The van der Waals surface area contributed by atoms with Crippen LogP contribution in [0.25, 0.3) is 0 Å². The zero-order valence-corrected chi connectivity index (χ0v) is 15.8. The highest BCUT2D eigenvalue weighted by molar-refractivity contribution is 5.75. The van der Waals surface area contributed by atoms with Crippen molar-refractivity contribution in [2.75, 3.05) is 13.2 Å². The zero-order valence-electron chi connectivity index (χ0n) is 15.8. The molecule has 3 aromatic rings. The van der Waals surface area contributed by atoms with E-state index in [1.165, 1.54) is 6.07 Å². The number of amides is 2. The van der Waals surface area contributed by atoms with Crippen molar-refractivity contribution in [1.29, 1.82) is 0 Å². The molecular formula is C21H21FN4O3. The van der Waals surface area contributed by atoms with E-state index in [4.69, 9.17) is 9.47 Å². The number of hydrogen-bond donors (Lipinski definition) is 2. The van der Waals surface area contributed by atoms with E-state index in [1.807, 2.05) is 24.3 Å². The zero-order chi connectivity index (χ0) is 20.2. The number of halogens is 1. The van der Waals surface area contributed by atoms with Crippen molar-refractivity contribution in [3.63, 3.8) is 0 Å². The van der Waals surface area contributed by atoms with Gasteiger partial charge in [-0.05, 0) is 18.2 Å². The number of aromatic nitrogens is 2. The number of aryl methyl sites for hydroxylation is 1. The number of urea groups is 1. The van der Waals surface area contributed by atoms with Crippen LogP contribution in [0.15, 0.2) is 60.9 Å². The van der Waals surface area contributed by atoms with E-state index in [-0.39, 0.29) is 12.6 Å². The summed E-state index contributed by atoms with van der Waals surface area (Å²) < 4.78 is 27.6. The predicted molar refractivity (Wildman–Crippen MR) is 104 cm³/mol. The second-order valence-corrected chi connectivity index (χ2v) is 6.70. The summed E-state index contributed by atoms with van der Waals surface area (Å²) in [6, 6.07) is 12.5. The summed E-state index contributed by atoms with van der Waals surface area (Å²) in [6.45, 7) is 0.568. The lowest BCUT2D eigenvalue weighted by molar-refractivity contribution is 0.0917. The third-order valence-corrected chi connectivity index (χ3v) is 4.67. The molecule has 0 saturated carbocycles. The highest BCUT2D eigenvalue weighted by atomic mass is 19.1. The standard InChI is InChI=1S/C21H21FN4O3/c1-26-11-10-23-20(26)19(15-6-2-3-7-16(15)22)25-21(27)24-12-14-13-28-17-8-4-5-9-18(17)29-14/h2-11,14,19H,12-13H2,1H3,(H2,24,25,27)/t14-,19+/m0/s1. The van der Waals surface area contributed by atoms with Crippen LogP contribution in [0.1, 0.15) is 17.4 Å². The number of para-hydroxylation sites is 2. The Morgan fingerprint density at radius 2 is 2.00 bits per heavy atom. The molecule has 0 spiro atoms. The summed E-state index contributed by atoms with van der Waals surface area (Å²) in [6.07, 6.45) is 3.02. The molecule has 0 aliphatic carbocycles. The molecule has 7 nitrogen and oxygen atoms in total. The molecular weight excluding hydrogens is 375 g/mol. The number of fused-ring (bicyclic) bond motifs is 1. The van der Waals surface area contributed by atoms with E-state index >= 15 is 0 Å². The molecule has 8 heteroatoms. The molecule has 0 radical (unpaired) electrons. The van der Waals surface area contributed by atoms with Gasteiger partial charge in [0.1, 0.15) is 24.3 Å². The fourth-order valence-corrected chi connectivity index (χ4v) is 3.20. The number of nitrogens with zero attached hydrogens (tertiary/aromatic N) is 2. The maximum Gasteiger partial charge on any atom is 0.315 e. The van der Waals surface area contributed by atoms with Gasteiger partial charge in [0.15, 0.2) is 17.6 Å². The summed E-state index contributed by atoms with van der Waals surface area (Å²) >= 11 is 0. The Hall–Kier alpha value is -3.55. The Labute approximate surface area is 167 Å². The van der Waals surface area contributed by atoms with Crippen LogP contribution in [0.5, 0.6) is 11.5 Å². The van der Waals surface area contributed by atoms with E-state index in [2.05, 4.69) is 15.6 Å². The van der Waals surface area contributed by atoms with Gasteiger partial charge in [-0.1, -0.05) is 30.3 Å². The van der Waals surface area contributed by atoms with Crippen LogP contribution in [0.3, 0.4) is 0 Å². The molecule has 1 aliphatic heterocycles. The molecule has 1 aliphatic rings. The molecule has 0 bridgehead atoms. The largest absolute Gasteiger partial charge is 0.486 e. The fourth-order valence-electron chi connectivity index (χ4n) is 3.20. The van der Waals surface area contributed by atoms with Gasteiger partial charge in [0, 0.05) is 25.0 Å². The number of carbonyl (C=O) groups is 1. The Morgan fingerprint density at radius 1 is 1.24 bits per heavy atom. The van der Waals surface area contributed by atoms with Gasteiger partial charge in [-0.3, -0.25) is 0 Å². The molecule has 150 valence electrons. The molecule has 2 atom stereocenters. The number of imidazole rings is 1. The number of ether oxygens (including phenoxy) is 2. The lowest BCUT2D eigenvalue weighted by atomic mass is 10.1. The molecule has 2 heterocycles. The first kappa shape index (κ1) is 18.8. The maximum atomic E-state index is 14.4. The smallest absolute Gasteiger partial charge is 0.315 e. The van der Waals surface area contributed by atoms with Crippen LogP contribution in [-0.4, -0.2) is 34.8 Å². The lowest BCUT2D eigenvalue weighted by Crippen LogP contribution is -2.45. The molecule has 4 rings (SSSR count). The average molecular weight is 396 g/mol. The van der Waals surface area contributed by atoms with Crippen LogP contribution < -0.4 is 20.1 Å². The van der Waals surface area contributed by atoms with Gasteiger partial charge in [0.25, 0.3) is 0 Å². The first-order valence-electron chi connectivity index (χ1n) is 9.26. The average Bonchev–Trinajstić information content (AvgIpc) is 3.16. The molecule has 2 aromatic carbocycles. The van der Waals surface area contributed by atoms with Gasteiger partial charge < -0.3 is 24.7 Å². The minimum atomic E-state index is -0.736. The summed E-state index contributed by atoms with van der Waals surface area (Å²) in [4.78, 5) is 16.8. The quantitative estimate of drug-likeness (QED) is 0.695. The maximum absolute atomic E-state index is 14.4. The van der Waals surface area contributed by atoms with Crippen LogP contribution in [0.4, 0.5) is 9.18 Å². The van der Waals surface area contributed by atoms with Crippen molar-refractivity contribution < 1.29 is 18.7 Å². The Morgan fingerprint density at radius 3 is 2.76 bits per heavy atom. The first-order chi connectivity index (χ1) is 14.1. The van der Waals surface area contributed by atoms with Crippen LogP contribution in [-0.2, 0) is 7.05 Å². The topological polar surface area (TPSA) is 77.4 Å². The van der Waals surface area contributed by atoms with Crippen molar-refractivity contribution in [3.8, 4) is 11.5 Å². The van der Waals surface area contributed by atoms with Gasteiger partial charge in [0.05, 0.1) is 6.54 Å². The summed E-state index contributed by atoms with van der Waals surface area (Å²) in [7, 11) is 1.79. The third kappa shape index (κ3) is 4.16. The molecule has 0 unspecified atom stereocenters. The minimum Gasteiger partial charge on any atom is -0.486 e. The third-order valence-electron chi connectivity index (χ3n) is 4.67. The highest BCUT2D eigenvalue weighted by Crippen LogP contribution is 2.30. The van der Waals surface area contributed by atoms with Gasteiger partial charge in [-0.25, -0.2) is 14.2 Å². The van der Waals surface area contributed by atoms with E-state index in [9.17, 15) is 9.18 Å². The highest BCUT2D eigenvalue weighted by Gasteiger charge is 2.25. The SMILES string of the molecule is Cn1ccnc1[C@H](NC(=O)NC[C@H]1COc2ccccc2O1)c1ccccc1F. The van der Waals surface area contributed by atoms with Crippen LogP contribution in [0.2, 0.25) is 0 Å². The molecule has 2 N–H and O–H groups in total. The molecule has 0 fully saturated rings. The Bertz CT molecular complexity index is 1010. The van der Waals surface area contributed by atoms with Crippen molar-refractivity contribution >= 4 is 6.03 Å². The monoisotopic (exact) mass is 396 g/mol. The number of hydrogen-bond acceptors (Lipinski definition) is 4. The Balaban J connectivity index is 1.43. The minimum absolute atomic E-state index is 0.241. The Kier molecular flexibility index (Phi) is 5.33. The lowest BCUT2D eigenvalue weighted by Gasteiger charge is -2.27. The fraction of sp³-hybridized carbons (Fsp3) is 0.238. The van der Waals surface area contributed by atoms with Gasteiger partial charge in [-0.15, -0.1) is 0 Å². The molecule has 1 aromatic heterocycles. The van der Waals surface area contributed by atoms with Crippen molar-refractivity contribution in [2.45, 2.75) is 12.1 Å².